The lowest BCUT2D eigenvalue weighted by Crippen LogP contribution is -2.17. The molecular weight excluding hydrogens is 358 g/mol. The topological polar surface area (TPSA) is 110 Å². The van der Waals surface area contributed by atoms with Crippen LogP contribution in [0.4, 0.5) is 5.69 Å². The normalized spacial score (nSPS) is 10.3. The number of aromatic amines is 1. The van der Waals surface area contributed by atoms with Crippen LogP contribution in [0, 0.1) is 6.92 Å². The summed E-state index contributed by atoms with van der Waals surface area (Å²) in [6.45, 7) is 1.91. The van der Waals surface area contributed by atoms with Crippen molar-refractivity contribution in [2.75, 3.05) is 25.3 Å². The van der Waals surface area contributed by atoms with Crippen LogP contribution in [-0.4, -0.2) is 41.8 Å². The van der Waals surface area contributed by atoms with E-state index in [1.807, 2.05) is 13.0 Å². The second-order valence-corrected chi connectivity index (χ2v) is 6.30. The number of amides is 1. The Labute approximate surface area is 154 Å². The van der Waals surface area contributed by atoms with Gasteiger partial charge < -0.3 is 19.8 Å². The Morgan fingerprint density at radius 1 is 1.27 bits per heavy atom. The minimum absolute atomic E-state index is 0.0295. The largest absolute Gasteiger partial charge is 0.495 e. The molecule has 0 bridgehead atoms. The van der Waals surface area contributed by atoms with Crippen LogP contribution in [0.5, 0.6) is 5.75 Å². The lowest BCUT2D eigenvalue weighted by Gasteiger charge is -2.11. The zero-order valence-corrected chi connectivity index (χ0v) is 15.4. The van der Waals surface area contributed by atoms with Gasteiger partial charge in [-0.15, -0.1) is 0 Å². The number of thioether (sulfide) groups is 1. The molecule has 0 radical (unpaired) electrons. The summed E-state index contributed by atoms with van der Waals surface area (Å²) in [5.74, 6) is -0.189. The molecule has 0 atom stereocenters. The number of esters is 1. The highest BCUT2D eigenvalue weighted by molar-refractivity contribution is 7.99. The number of benzene rings is 1. The number of nitrogens with one attached hydrogen (secondary N) is 2. The number of ether oxygens (including phenoxy) is 2. The first-order chi connectivity index (χ1) is 12.4. The van der Waals surface area contributed by atoms with Crippen molar-refractivity contribution in [2.45, 2.75) is 18.5 Å². The van der Waals surface area contributed by atoms with Crippen LogP contribution in [-0.2, 0) is 20.7 Å². The number of H-pyrrole nitrogens is 1. The molecule has 0 unspecified atom stereocenters. The van der Waals surface area contributed by atoms with Crippen molar-refractivity contribution < 1.29 is 19.1 Å². The quantitative estimate of drug-likeness (QED) is 0.428. The number of hydrogen-bond acceptors (Lipinski definition) is 7. The van der Waals surface area contributed by atoms with Crippen molar-refractivity contribution >= 4 is 29.3 Å². The molecular formula is C17H19N3O5S. The smallest absolute Gasteiger partial charge is 0.311 e. The predicted octanol–water partition coefficient (Wildman–Crippen LogP) is 1.53. The summed E-state index contributed by atoms with van der Waals surface area (Å²) in [7, 11) is 2.78. The molecule has 8 nitrogen and oxygen atoms in total. The van der Waals surface area contributed by atoms with Gasteiger partial charge >= 0.3 is 5.97 Å². The monoisotopic (exact) mass is 377 g/mol. The minimum Gasteiger partial charge on any atom is -0.495 e. The highest BCUT2D eigenvalue weighted by Crippen LogP contribution is 2.25. The van der Waals surface area contributed by atoms with Crippen molar-refractivity contribution in [3.05, 3.63) is 45.9 Å². The zero-order valence-electron chi connectivity index (χ0n) is 14.6. The summed E-state index contributed by atoms with van der Waals surface area (Å²) in [6, 6.07) is 6.68. The van der Waals surface area contributed by atoms with Gasteiger partial charge in [-0.25, -0.2) is 4.98 Å². The molecule has 0 saturated carbocycles. The maximum absolute atomic E-state index is 12.2. The van der Waals surface area contributed by atoms with Crippen LogP contribution in [0.25, 0.3) is 0 Å². The molecule has 2 N–H and O–H groups in total. The molecule has 0 saturated heterocycles. The molecule has 2 rings (SSSR count). The maximum Gasteiger partial charge on any atom is 0.311 e. The van der Waals surface area contributed by atoms with Gasteiger partial charge in [0.25, 0.3) is 5.56 Å². The Morgan fingerprint density at radius 3 is 2.73 bits per heavy atom. The molecule has 1 amide bonds. The van der Waals surface area contributed by atoms with E-state index in [4.69, 9.17) is 4.74 Å². The number of methoxy groups -OCH3 is 2. The third kappa shape index (κ3) is 5.62. The summed E-state index contributed by atoms with van der Waals surface area (Å²) in [5.41, 5.74) is 1.43. The molecule has 0 aliphatic rings. The van der Waals surface area contributed by atoms with Crippen LogP contribution >= 0.6 is 11.8 Å². The van der Waals surface area contributed by atoms with Crippen LogP contribution < -0.4 is 15.6 Å². The van der Waals surface area contributed by atoms with Crippen LogP contribution in [0.15, 0.2) is 34.2 Å². The summed E-state index contributed by atoms with van der Waals surface area (Å²) < 4.78 is 9.77. The number of aryl methyl sites for hydroxylation is 1. The molecule has 1 heterocycles. The molecule has 1 aromatic carbocycles. The van der Waals surface area contributed by atoms with Gasteiger partial charge in [0.15, 0.2) is 5.16 Å². The Kier molecular flexibility index (Phi) is 6.79. The molecule has 0 aliphatic heterocycles. The van der Waals surface area contributed by atoms with Crippen molar-refractivity contribution in [1.29, 1.82) is 0 Å². The predicted molar refractivity (Wildman–Crippen MR) is 97.7 cm³/mol. The third-order valence-electron chi connectivity index (χ3n) is 3.30. The number of hydrogen-bond donors (Lipinski definition) is 2. The van der Waals surface area contributed by atoms with Crippen LogP contribution in [0.3, 0.4) is 0 Å². The van der Waals surface area contributed by atoms with Gasteiger partial charge in [0.1, 0.15) is 5.75 Å². The van der Waals surface area contributed by atoms with E-state index < -0.39 is 11.5 Å². The van der Waals surface area contributed by atoms with E-state index in [0.29, 0.717) is 11.4 Å². The molecule has 2 aromatic rings. The SMILES string of the molecule is COC(=O)Cc1cc(=O)[nH]c(SCC(=O)Nc2cc(C)ccc2OC)n1. The highest BCUT2D eigenvalue weighted by atomic mass is 32.2. The molecule has 0 spiro atoms. The first kappa shape index (κ1) is 19.5. The standard InChI is InChI=1S/C17H19N3O5S/c1-10-4-5-13(24-2)12(6-10)19-15(22)9-26-17-18-11(7-14(21)20-17)8-16(23)25-3/h4-7H,8-9H2,1-3H3,(H,19,22)(H,18,20,21). The average Bonchev–Trinajstić information content (AvgIpc) is 2.59. The third-order valence-corrected chi connectivity index (χ3v) is 4.17. The van der Waals surface area contributed by atoms with Crippen molar-refractivity contribution in [3.8, 4) is 5.75 Å². The maximum atomic E-state index is 12.2. The van der Waals surface area contributed by atoms with Crippen molar-refractivity contribution in [3.63, 3.8) is 0 Å². The molecule has 0 fully saturated rings. The molecule has 138 valence electrons. The summed E-state index contributed by atoms with van der Waals surface area (Å²) in [5, 5.41) is 3.02. The Hall–Kier alpha value is -2.81. The Bertz CT molecular complexity index is 866. The molecule has 9 heteroatoms. The lowest BCUT2D eigenvalue weighted by molar-refractivity contribution is -0.139. The first-order valence-corrected chi connectivity index (χ1v) is 8.64. The van der Waals surface area contributed by atoms with Crippen LogP contribution in [0.1, 0.15) is 11.3 Å². The van der Waals surface area contributed by atoms with E-state index in [2.05, 4.69) is 20.0 Å². The fourth-order valence-corrected chi connectivity index (χ4v) is 2.80. The van der Waals surface area contributed by atoms with E-state index in [1.165, 1.54) is 20.3 Å². The highest BCUT2D eigenvalue weighted by Gasteiger charge is 2.11. The average molecular weight is 377 g/mol. The fraction of sp³-hybridized carbons (Fsp3) is 0.294. The van der Waals surface area contributed by atoms with E-state index >= 15 is 0 Å². The Balaban J connectivity index is 2.02. The first-order valence-electron chi connectivity index (χ1n) is 7.65. The number of anilines is 1. The number of rotatable bonds is 7. The van der Waals surface area contributed by atoms with Gasteiger partial charge in [0, 0.05) is 6.07 Å². The van der Waals surface area contributed by atoms with Gasteiger partial charge in [-0.2, -0.15) is 0 Å². The van der Waals surface area contributed by atoms with Gasteiger partial charge in [-0.1, -0.05) is 17.8 Å². The zero-order chi connectivity index (χ0) is 19.1. The second-order valence-electron chi connectivity index (χ2n) is 5.34. The van der Waals surface area contributed by atoms with E-state index in [9.17, 15) is 14.4 Å². The van der Waals surface area contributed by atoms with Gasteiger partial charge in [0.05, 0.1) is 37.8 Å². The summed E-state index contributed by atoms with van der Waals surface area (Å²) >= 11 is 1.06. The number of carbonyl (C=O) groups excluding carboxylic acids is 2. The van der Waals surface area contributed by atoms with Gasteiger partial charge in [-0.3, -0.25) is 14.4 Å². The molecule has 1 aromatic heterocycles. The number of aromatic nitrogens is 2. The molecule has 26 heavy (non-hydrogen) atoms. The van der Waals surface area contributed by atoms with Crippen LogP contribution in [0.2, 0.25) is 0 Å². The minimum atomic E-state index is -0.497. The van der Waals surface area contributed by atoms with E-state index in [-0.39, 0.29) is 28.9 Å². The molecule has 0 aliphatic carbocycles. The Morgan fingerprint density at radius 2 is 2.04 bits per heavy atom. The van der Waals surface area contributed by atoms with Crippen molar-refractivity contribution in [2.24, 2.45) is 0 Å². The summed E-state index contributed by atoms with van der Waals surface area (Å²) in [6.07, 6.45) is -0.110. The van der Waals surface area contributed by atoms with Gasteiger partial charge in [0.2, 0.25) is 5.91 Å². The van der Waals surface area contributed by atoms with Crippen molar-refractivity contribution in [1.82, 2.24) is 9.97 Å². The fourth-order valence-electron chi connectivity index (χ4n) is 2.10. The summed E-state index contributed by atoms with van der Waals surface area (Å²) in [4.78, 5) is 41.8. The lowest BCUT2D eigenvalue weighted by atomic mass is 10.2. The van der Waals surface area contributed by atoms with E-state index in [1.54, 1.807) is 12.1 Å². The second kappa shape index (κ2) is 9.04. The number of carbonyl (C=O) groups is 2. The van der Waals surface area contributed by atoms with Gasteiger partial charge in [-0.05, 0) is 24.6 Å². The van der Waals surface area contributed by atoms with E-state index in [0.717, 1.165) is 17.3 Å². The number of nitrogens with zero attached hydrogens (tertiary/aromatic N) is 1.